The summed E-state index contributed by atoms with van der Waals surface area (Å²) in [6.45, 7) is 3.50. The monoisotopic (exact) mass is 376 g/mol. The molecule has 1 amide bonds. The molecule has 3 aromatic rings. The second kappa shape index (κ2) is 7.88. The highest BCUT2D eigenvalue weighted by atomic mass is 16.2. The Balaban J connectivity index is 1.73. The van der Waals surface area contributed by atoms with Gasteiger partial charge >= 0.3 is 0 Å². The number of likely N-dealkylation sites (N-methyl/N-ethyl adjacent to an activating group) is 1. The zero-order chi connectivity index (χ0) is 20.3. The predicted molar refractivity (Wildman–Crippen MR) is 103 cm³/mol. The van der Waals surface area contributed by atoms with Crippen molar-refractivity contribution in [3.8, 4) is 11.8 Å². The summed E-state index contributed by atoms with van der Waals surface area (Å²) in [5.74, 6) is -0.283. The van der Waals surface area contributed by atoms with Gasteiger partial charge in [0.1, 0.15) is 18.2 Å². The van der Waals surface area contributed by atoms with Crippen LogP contribution < -0.4 is 5.56 Å². The molecule has 0 saturated heterocycles. The summed E-state index contributed by atoms with van der Waals surface area (Å²) in [6.07, 6.45) is 3.55. The van der Waals surface area contributed by atoms with E-state index in [0.717, 1.165) is 15.9 Å². The van der Waals surface area contributed by atoms with Crippen molar-refractivity contribution in [3.05, 3.63) is 75.5 Å². The highest BCUT2D eigenvalue weighted by Crippen LogP contribution is 2.10. The van der Waals surface area contributed by atoms with Crippen LogP contribution in [0.2, 0.25) is 0 Å². The van der Waals surface area contributed by atoms with E-state index in [4.69, 9.17) is 0 Å². The highest BCUT2D eigenvalue weighted by Gasteiger charge is 2.16. The lowest BCUT2D eigenvalue weighted by molar-refractivity contribution is -0.131. The first-order chi connectivity index (χ1) is 13.4. The fraction of sp³-hybridized carbons (Fsp3) is 0.250. The van der Waals surface area contributed by atoms with Crippen molar-refractivity contribution >= 4 is 5.91 Å². The van der Waals surface area contributed by atoms with Gasteiger partial charge in [0, 0.05) is 25.4 Å². The normalized spacial score (nSPS) is 10.5. The molecule has 0 fully saturated rings. The number of carbonyl (C=O) groups is 1. The largest absolute Gasteiger partial charge is 0.340 e. The predicted octanol–water partition coefficient (Wildman–Crippen LogP) is 1.58. The molecule has 0 unspecified atom stereocenters. The first-order valence-electron chi connectivity index (χ1n) is 8.72. The summed E-state index contributed by atoms with van der Waals surface area (Å²) in [7, 11) is 1.65. The molecule has 8 nitrogen and oxygen atoms in total. The minimum atomic E-state index is -0.552. The number of carbonyl (C=O) groups excluding carboxylic acids is 1. The van der Waals surface area contributed by atoms with Crippen molar-refractivity contribution in [1.29, 1.82) is 5.26 Å². The fourth-order valence-electron chi connectivity index (χ4n) is 2.79. The molecule has 3 rings (SSSR count). The molecule has 8 heteroatoms. The Kier molecular flexibility index (Phi) is 5.36. The van der Waals surface area contributed by atoms with Crippen LogP contribution in [0.5, 0.6) is 0 Å². The van der Waals surface area contributed by atoms with Gasteiger partial charge < -0.3 is 4.90 Å². The maximum atomic E-state index is 12.6. The number of aryl methyl sites for hydroxylation is 1. The SMILES string of the molecule is Cc1nn(CC(=O)N(C)Cc2cnn(-c3ccccc3)c2)c(=O)c(C#N)c1C. The van der Waals surface area contributed by atoms with Crippen molar-refractivity contribution in [2.75, 3.05) is 7.05 Å². The Hall–Kier alpha value is -3.73. The summed E-state index contributed by atoms with van der Waals surface area (Å²) in [5.41, 5.74) is 2.35. The third-order valence-electron chi connectivity index (χ3n) is 4.54. The van der Waals surface area contributed by atoms with Crippen LogP contribution in [0.1, 0.15) is 22.4 Å². The molecule has 0 atom stereocenters. The molecule has 0 N–H and O–H groups in total. The molecule has 0 aliphatic heterocycles. The van der Waals surface area contributed by atoms with E-state index >= 15 is 0 Å². The summed E-state index contributed by atoms with van der Waals surface area (Å²) in [6, 6.07) is 11.6. The molecule has 28 heavy (non-hydrogen) atoms. The Labute approximate surface area is 162 Å². The average Bonchev–Trinajstić information content (AvgIpc) is 3.15. The molecule has 0 saturated carbocycles. The Morgan fingerprint density at radius 3 is 2.64 bits per heavy atom. The third kappa shape index (κ3) is 3.83. The van der Waals surface area contributed by atoms with Crippen molar-refractivity contribution in [2.24, 2.45) is 0 Å². The van der Waals surface area contributed by atoms with Crippen LogP contribution in [-0.4, -0.2) is 37.4 Å². The van der Waals surface area contributed by atoms with E-state index in [0.29, 0.717) is 17.8 Å². The minimum absolute atomic E-state index is 0.0205. The molecule has 0 aliphatic rings. The number of nitrogens with zero attached hydrogens (tertiary/aromatic N) is 6. The van der Waals surface area contributed by atoms with Gasteiger partial charge in [0.05, 0.1) is 17.6 Å². The molecular formula is C20H20N6O2. The third-order valence-corrected chi connectivity index (χ3v) is 4.54. The van der Waals surface area contributed by atoms with Crippen molar-refractivity contribution < 1.29 is 4.79 Å². The van der Waals surface area contributed by atoms with E-state index < -0.39 is 5.56 Å². The van der Waals surface area contributed by atoms with Gasteiger partial charge in [0.2, 0.25) is 5.91 Å². The van der Waals surface area contributed by atoms with Gasteiger partial charge in [-0.2, -0.15) is 15.5 Å². The van der Waals surface area contributed by atoms with E-state index in [2.05, 4.69) is 10.2 Å². The number of hydrogen-bond acceptors (Lipinski definition) is 5. The first kappa shape index (κ1) is 19.0. The van der Waals surface area contributed by atoms with E-state index in [1.54, 1.807) is 31.8 Å². The van der Waals surface area contributed by atoms with Gasteiger partial charge in [0.25, 0.3) is 5.56 Å². The van der Waals surface area contributed by atoms with Gasteiger partial charge in [-0.3, -0.25) is 9.59 Å². The second-order valence-corrected chi connectivity index (χ2v) is 6.54. The number of rotatable bonds is 5. The van der Waals surface area contributed by atoms with E-state index in [1.165, 1.54) is 4.90 Å². The number of hydrogen-bond donors (Lipinski definition) is 0. The number of aromatic nitrogens is 4. The Bertz CT molecular complexity index is 1110. The van der Waals surface area contributed by atoms with Crippen LogP contribution in [0, 0.1) is 25.2 Å². The summed E-state index contributed by atoms with van der Waals surface area (Å²) >= 11 is 0. The number of benzene rings is 1. The van der Waals surface area contributed by atoms with E-state index in [-0.39, 0.29) is 18.0 Å². The van der Waals surface area contributed by atoms with E-state index in [1.807, 2.05) is 42.6 Å². The Morgan fingerprint density at radius 1 is 1.25 bits per heavy atom. The number of para-hydroxylation sites is 1. The van der Waals surface area contributed by atoms with Crippen LogP contribution >= 0.6 is 0 Å². The molecule has 0 spiro atoms. The average molecular weight is 376 g/mol. The lowest BCUT2D eigenvalue weighted by atomic mass is 10.1. The van der Waals surface area contributed by atoms with Gasteiger partial charge in [-0.15, -0.1) is 0 Å². The number of amides is 1. The van der Waals surface area contributed by atoms with Crippen molar-refractivity contribution in [1.82, 2.24) is 24.5 Å². The second-order valence-electron chi connectivity index (χ2n) is 6.54. The van der Waals surface area contributed by atoms with Crippen LogP contribution in [0.4, 0.5) is 0 Å². The lowest BCUT2D eigenvalue weighted by Gasteiger charge is -2.17. The molecule has 2 aromatic heterocycles. The zero-order valence-electron chi connectivity index (χ0n) is 16.0. The molecule has 0 radical (unpaired) electrons. The number of nitriles is 1. The van der Waals surface area contributed by atoms with Gasteiger partial charge in [-0.1, -0.05) is 18.2 Å². The maximum absolute atomic E-state index is 12.6. The minimum Gasteiger partial charge on any atom is -0.340 e. The van der Waals surface area contributed by atoms with Crippen molar-refractivity contribution in [3.63, 3.8) is 0 Å². The lowest BCUT2D eigenvalue weighted by Crippen LogP contribution is -2.36. The summed E-state index contributed by atoms with van der Waals surface area (Å²) in [4.78, 5) is 26.4. The molecule has 1 aromatic carbocycles. The van der Waals surface area contributed by atoms with Gasteiger partial charge in [-0.25, -0.2) is 9.36 Å². The summed E-state index contributed by atoms with van der Waals surface area (Å²) < 4.78 is 2.79. The molecule has 0 aliphatic carbocycles. The quantitative estimate of drug-likeness (QED) is 0.673. The van der Waals surface area contributed by atoms with Crippen molar-refractivity contribution in [2.45, 2.75) is 26.9 Å². The fourth-order valence-corrected chi connectivity index (χ4v) is 2.79. The van der Waals surface area contributed by atoms with Crippen LogP contribution in [0.3, 0.4) is 0 Å². The van der Waals surface area contributed by atoms with E-state index in [9.17, 15) is 14.9 Å². The van der Waals surface area contributed by atoms with Crippen LogP contribution in [0.15, 0.2) is 47.5 Å². The maximum Gasteiger partial charge on any atom is 0.285 e. The molecule has 0 bridgehead atoms. The smallest absolute Gasteiger partial charge is 0.285 e. The first-order valence-corrected chi connectivity index (χ1v) is 8.72. The Morgan fingerprint density at radius 2 is 1.96 bits per heavy atom. The molecule has 142 valence electrons. The summed E-state index contributed by atoms with van der Waals surface area (Å²) in [5, 5.41) is 17.6. The van der Waals surface area contributed by atoms with Gasteiger partial charge in [-0.05, 0) is 31.5 Å². The van der Waals surface area contributed by atoms with Crippen LogP contribution in [-0.2, 0) is 17.9 Å². The zero-order valence-corrected chi connectivity index (χ0v) is 16.0. The topological polar surface area (TPSA) is 96.8 Å². The molecular weight excluding hydrogens is 356 g/mol. The van der Waals surface area contributed by atoms with Crippen LogP contribution in [0.25, 0.3) is 5.69 Å². The standard InChI is InChI=1S/C20H20N6O2/c1-14-15(2)23-26(20(28)18(14)9-21)13-19(27)24(3)11-16-10-22-25(12-16)17-7-5-4-6-8-17/h4-8,10,12H,11,13H2,1-3H3. The van der Waals surface area contributed by atoms with Gasteiger partial charge in [0.15, 0.2) is 0 Å². The molecule has 2 heterocycles. The highest BCUT2D eigenvalue weighted by molar-refractivity contribution is 5.75.